The summed E-state index contributed by atoms with van der Waals surface area (Å²) in [4.78, 5) is 12.2. The van der Waals surface area contributed by atoms with Crippen molar-refractivity contribution in [2.75, 3.05) is 6.61 Å². The molecule has 6 heteroatoms. The van der Waals surface area contributed by atoms with Crippen molar-refractivity contribution in [1.82, 2.24) is 5.32 Å². The lowest BCUT2D eigenvalue weighted by atomic mass is 10.1. The Morgan fingerprint density at radius 1 is 1.42 bits per heavy atom. The highest BCUT2D eigenvalue weighted by atomic mass is 16.5. The third-order valence-corrected chi connectivity index (χ3v) is 3.94. The summed E-state index contributed by atoms with van der Waals surface area (Å²) in [5.41, 5.74) is 7.98. The van der Waals surface area contributed by atoms with Crippen molar-refractivity contribution in [3.05, 3.63) is 46.9 Å². The van der Waals surface area contributed by atoms with E-state index in [1.165, 1.54) is 6.26 Å². The van der Waals surface area contributed by atoms with E-state index in [-0.39, 0.29) is 18.6 Å². The molecule has 24 heavy (non-hydrogen) atoms. The number of ether oxygens (including phenoxy) is 2. The maximum absolute atomic E-state index is 12.2. The standard InChI is InChI=1S/C18H22N2O4/c1-3-22-16-6-12-4-11(2)24-17(12)7-13(16)9-20-18(21)14-5-15(8-19)23-10-14/h5-7,10-11H,3-4,8-9,19H2,1-2H3,(H,20,21). The van der Waals surface area contributed by atoms with Gasteiger partial charge in [0.1, 0.15) is 29.6 Å². The van der Waals surface area contributed by atoms with Crippen LogP contribution >= 0.6 is 0 Å². The number of nitrogens with two attached hydrogens (primary N) is 1. The summed E-state index contributed by atoms with van der Waals surface area (Å²) < 4.78 is 16.7. The first-order valence-corrected chi connectivity index (χ1v) is 8.11. The number of amides is 1. The fourth-order valence-electron chi connectivity index (χ4n) is 2.79. The van der Waals surface area contributed by atoms with Crippen molar-refractivity contribution in [2.24, 2.45) is 5.73 Å². The molecule has 1 aliphatic rings. The van der Waals surface area contributed by atoms with Crippen LogP contribution in [-0.4, -0.2) is 18.6 Å². The zero-order valence-corrected chi connectivity index (χ0v) is 13.9. The number of carbonyl (C=O) groups excluding carboxylic acids is 1. The third-order valence-electron chi connectivity index (χ3n) is 3.94. The van der Waals surface area contributed by atoms with Crippen LogP contribution in [0.3, 0.4) is 0 Å². The highest BCUT2D eigenvalue weighted by Gasteiger charge is 2.22. The van der Waals surface area contributed by atoms with E-state index < -0.39 is 0 Å². The highest BCUT2D eigenvalue weighted by Crippen LogP contribution is 2.35. The lowest BCUT2D eigenvalue weighted by molar-refractivity contribution is 0.0950. The minimum atomic E-state index is -0.212. The van der Waals surface area contributed by atoms with Crippen LogP contribution < -0.4 is 20.5 Å². The monoisotopic (exact) mass is 330 g/mol. The van der Waals surface area contributed by atoms with Gasteiger partial charge in [0.25, 0.3) is 5.91 Å². The predicted octanol–water partition coefficient (Wildman–Crippen LogP) is 2.39. The van der Waals surface area contributed by atoms with Gasteiger partial charge in [0, 0.05) is 24.1 Å². The second kappa shape index (κ2) is 6.97. The Hall–Kier alpha value is -2.47. The molecule has 0 radical (unpaired) electrons. The number of hydrogen-bond acceptors (Lipinski definition) is 5. The van der Waals surface area contributed by atoms with Gasteiger partial charge in [-0.1, -0.05) is 0 Å². The van der Waals surface area contributed by atoms with E-state index in [4.69, 9.17) is 19.6 Å². The molecular formula is C18H22N2O4. The van der Waals surface area contributed by atoms with Crippen molar-refractivity contribution in [3.8, 4) is 11.5 Å². The zero-order valence-electron chi connectivity index (χ0n) is 13.9. The molecule has 2 heterocycles. The molecule has 0 aliphatic carbocycles. The first-order chi connectivity index (χ1) is 11.6. The predicted molar refractivity (Wildman–Crippen MR) is 89.2 cm³/mol. The number of nitrogens with one attached hydrogen (secondary N) is 1. The van der Waals surface area contributed by atoms with Crippen molar-refractivity contribution in [3.63, 3.8) is 0 Å². The lowest BCUT2D eigenvalue weighted by Crippen LogP contribution is -2.22. The Morgan fingerprint density at radius 3 is 2.96 bits per heavy atom. The molecule has 1 aromatic heterocycles. The summed E-state index contributed by atoms with van der Waals surface area (Å²) in [6, 6.07) is 5.60. The van der Waals surface area contributed by atoms with Gasteiger partial charge in [0.2, 0.25) is 0 Å². The van der Waals surface area contributed by atoms with Crippen LogP contribution in [0, 0.1) is 0 Å². The van der Waals surface area contributed by atoms with Gasteiger partial charge in [-0.25, -0.2) is 0 Å². The molecule has 1 aliphatic heterocycles. The fourth-order valence-corrected chi connectivity index (χ4v) is 2.79. The van der Waals surface area contributed by atoms with Gasteiger partial charge in [-0.05, 0) is 32.0 Å². The van der Waals surface area contributed by atoms with Crippen molar-refractivity contribution in [1.29, 1.82) is 0 Å². The van der Waals surface area contributed by atoms with Crippen molar-refractivity contribution >= 4 is 5.91 Å². The topological polar surface area (TPSA) is 86.7 Å². The van der Waals surface area contributed by atoms with E-state index >= 15 is 0 Å². The first-order valence-electron chi connectivity index (χ1n) is 8.11. The van der Waals surface area contributed by atoms with Crippen LogP contribution in [0.2, 0.25) is 0 Å². The molecule has 2 aromatic rings. The van der Waals surface area contributed by atoms with Crippen molar-refractivity contribution < 1.29 is 18.7 Å². The van der Waals surface area contributed by atoms with E-state index in [1.54, 1.807) is 6.07 Å². The van der Waals surface area contributed by atoms with E-state index in [0.29, 0.717) is 24.5 Å². The summed E-state index contributed by atoms with van der Waals surface area (Å²) in [6.45, 7) is 5.16. The SMILES string of the molecule is CCOc1cc2c(cc1CNC(=O)c1coc(CN)c1)OC(C)C2. The second-order valence-corrected chi connectivity index (χ2v) is 5.82. The number of benzene rings is 1. The first kappa shape index (κ1) is 16.4. The van der Waals surface area contributed by atoms with Gasteiger partial charge in [0.05, 0.1) is 18.7 Å². The van der Waals surface area contributed by atoms with Crippen LogP contribution in [0.4, 0.5) is 0 Å². The zero-order chi connectivity index (χ0) is 17.1. The van der Waals surface area contributed by atoms with Crippen LogP contribution in [0.5, 0.6) is 11.5 Å². The Bertz CT molecular complexity index is 739. The molecule has 0 saturated heterocycles. The molecule has 1 amide bonds. The third kappa shape index (κ3) is 3.38. The van der Waals surface area contributed by atoms with Gasteiger partial charge in [0.15, 0.2) is 0 Å². The number of hydrogen-bond donors (Lipinski definition) is 2. The van der Waals surface area contributed by atoms with Crippen molar-refractivity contribution in [2.45, 2.75) is 39.5 Å². The molecule has 1 unspecified atom stereocenters. The Balaban J connectivity index is 1.74. The average molecular weight is 330 g/mol. The smallest absolute Gasteiger partial charge is 0.254 e. The molecule has 0 spiro atoms. The Labute approximate surface area is 140 Å². The molecule has 6 nitrogen and oxygen atoms in total. The molecule has 0 saturated carbocycles. The minimum Gasteiger partial charge on any atom is -0.494 e. The molecular weight excluding hydrogens is 308 g/mol. The van der Waals surface area contributed by atoms with E-state index in [9.17, 15) is 4.79 Å². The summed E-state index contributed by atoms with van der Waals surface area (Å²) >= 11 is 0. The van der Waals surface area contributed by atoms with Gasteiger partial charge in [-0.2, -0.15) is 0 Å². The molecule has 1 aromatic carbocycles. The largest absolute Gasteiger partial charge is 0.494 e. The van der Waals surface area contributed by atoms with Gasteiger partial charge < -0.3 is 24.9 Å². The highest BCUT2D eigenvalue weighted by molar-refractivity contribution is 5.93. The maximum atomic E-state index is 12.2. The number of rotatable bonds is 6. The summed E-state index contributed by atoms with van der Waals surface area (Å²) in [6.07, 6.45) is 2.45. The Morgan fingerprint density at radius 2 is 2.25 bits per heavy atom. The van der Waals surface area contributed by atoms with E-state index in [0.717, 1.165) is 29.0 Å². The molecule has 3 N–H and O–H groups in total. The molecule has 128 valence electrons. The summed E-state index contributed by atoms with van der Waals surface area (Å²) in [7, 11) is 0. The second-order valence-electron chi connectivity index (χ2n) is 5.82. The van der Waals surface area contributed by atoms with E-state index in [1.807, 2.05) is 26.0 Å². The molecule has 0 bridgehead atoms. The minimum absolute atomic E-state index is 0.167. The summed E-state index contributed by atoms with van der Waals surface area (Å²) in [5.74, 6) is 2.01. The quantitative estimate of drug-likeness (QED) is 0.849. The maximum Gasteiger partial charge on any atom is 0.254 e. The molecule has 3 rings (SSSR count). The van der Waals surface area contributed by atoms with Crippen LogP contribution in [0.25, 0.3) is 0 Å². The van der Waals surface area contributed by atoms with Crippen LogP contribution in [0.1, 0.15) is 41.1 Å². The van der Waals surface area contributed by atoms with Gasteiger partial charge >= 0.3 is 0 Å². The fraction of sp³-hybridized carbons (Fsp3) is 0.389. The Kier molecular flexibility index (Phi) is 4.76. The van der Waals surface area contributed by atoms with E-state index in [2.05, 4.69) is 5.32 Å². The lowest BCUT2D eigenvalue weighted by Gasteiger charge is -2.13. The summed E-state index contributed by atoms with van der Waals surface area (Å²) in [5, 5.41) is 2.88. The number of fused-ring (bicyclic) bond motifs is 1. The van der Waals surface area contributed by atoms with Crippen LogP contribution in [0.15, 0.2) is 28.9 Å². The molecule has 1 atom stereocenters. The number of carbonyl (C=O) groups is 1. The van der Waals surface area contributed by atoms with Gasteiger partial charge in [-0.3, -0.25) is 4.79 Å². The van der Waals surface area contributed by atoms with Gasteiger partial charge in [-0.15, -0.1) is 0 Å². The van der Waals surface area contributed by atoms with Crippen LogP contribution in [-0.2, 0) is 19.5 Å². The normalized spacial score (nSPS) is 15.7. The average Bonchev–Trinajstić information content (AvgIpc) is 3.17. The molecule has 0 fully saturated rings. The number of furan rings is 1.